The Morgan fingerprint density at radius 1 is 0.275 bits per heavy atom. The van der Waals surface area contributed by atoms with Crippen molar-refractivity contribution in [3.8, 4) is 44.5 Å². The molecule has 1 spiro atoms. The minimum atomic E-state index is 0.0650. The zero-order valence-electron chi connectivity index (χ0n) is 37.9. The molecule has 1 fully saturated rings. The highest BCUT2D eigenvalue weighted by Gasteiger charge is 2.45. The van der Waals surface area contributed by atoms with Gasteiger partial charge in [0.2, 0.25) is 0 Å². The molecule has 2 nitrogen and oxygen atoms in total. The van der Waals surface area contributed by atoms with Crippen LogP contribution in [0.4, 0.5) is 0 Å². The minimum Gasteiger partial charge on any atom is -0.308 e. The fraction of sp³-hybridized carbons (Fsp3) is 0.0746. The van der Waals surface area contributed by atoms with E-state index in [9.17, 15) is 0 Å². The summed E-state index contributed by atoms with van der Waals surface area (Å²) < 4.78 is 5.03. The van der Waals surface area contributed by atoms with Crippen LogP contribution in [0.2, 0.25) is 0 Å². The second-order valence-corrected chi connectivity index (χ2v) is 20.1. The highest BCUT2D eigenvalue weighted by Crippen LogP contribution is 2.60. The lowest BCUT2D eigenvalue weighted by atomic mass is 9.76. The molecule has 17 rings (SSSR count). The second-order valence-electron chi connectivity index (χ2n) is 20.1. The first kappa shape index (κ1) is 36.6. The summed E-state index contributed by atoms with van der Waals surface area (Å²) in [5.41, 5.74) is 21.3. The lowest BCUT2D eigenvalue weighted by Crippen LogP contribution is -2.20. The monoisotopic (exact) mass is 874 g/mol. The first-order valence-corrected chi connectivity index (χ1v) is 24.8. The molecular weight excluding hydrogens is 833 g/mol. The molecule has 2 aliphatic carbocycles. The van der Waals surface area contributed by atoms with Crippen LogP contribution >= 0.6 is 0 Å². The van der Waals surface area contributed by atoms with Gasteiger partial charge in [0.15, 0.2) is 0 Å². The van der Waals surface area contributed by atoms with Gasteiger partial charge in [0.1, 0.15) is 0 Å². The number of fused-ring (bicyclic) bond motifs is 19. The Morgan fingerprint density at radius 3 is 1.26 bits per heavy atom. The molecule has 0 aliphatic heterocycles. The average molecular weight is 875 g/mol. The van der Waals surface area contributed by atoms with Crippen LogP contribution in [0.15, 0.2) is 206 Å². The van der Waals surface area contributed by atoms with E-state index >= 15 is 0 Å². The molecule has 2 heteroatoms. The van der Waals surface area contributed by atoms with E-state index in [4.69, 9.17) is 0 Å². The highest BCUT2D eigenvalue weighted by molar-refractivity contribution is 6.31. The molecule has 2 aliphatic rings. The fourth-order valence-electron chi connectivity index (χ4n) is 14.5. The molecule has 0 atom stereocenters. The summed E-state index contributed by atoms with van der Waals surface area (Å²) >= 11 is 0. The van der Waals surface area contributed by atoms with E-state index in [1.807, 2.05) is 0 Å². The van der Waals surface area contributed by atoms with Crippen LogP contribution in [0.1, 0.15) is 36.8 Å². The van der Waals surface area contributed by atoms with Crippen molar-refractivity contribution in [3.63, 3.8) is 0 Å². The number of nitrogens with zero attached hydrogens (tertiary/aromatic N) is 2. The Balaban J connectivity index is 1.04. The van der Waals surface area contributed by atoms with Crippen LogP contribution in [-0.2, 0) is 5.41 Å². The van der Waals surface area contributed by atoms with Crippen molar-refractivity contribution in [1.82, 2.24) is 8.80 Å². The summed E-state index contributed by atoms with van der Waals surface area (Å²) in [5, 5.41) is 15.6. The number of hydrogen-bond donors (Lipinski definition) is 0. The van der Waals surface area contributed by atoms with Gasteiger partial charge in [0.05, 0.1) is 33.1 Å². The number of benzene rings is 11. The summed E-state index contributed by atoms with van der Waals surface area (Å²) in [6, 6.07) is 79.0. The molecule has 0 radical (unpaired) electrons. The largest absolute Gasteiger partial charge is 0.308 e. The standard InChI is InChI=1S/C67H42N2/c1-6-26-55-49(18-1)62-52(25-15-27-56(62)67(55)36-11-12-37-67)61-43-23-13-21-39(45-32-34-47-41-16-2-7-28-57(41)68-59-30-9-4-19-50(59)63(45)65(47)68)53(43)38-54-40(22-14-24-44(54)61)46-33-35-48-42-17-3-8-29-58(42)69-60-31-10-5-20-51(60)64(46)66(48)69/h1-10,13-35,38H,11-12,36-37H2. The molecule has 4 heterocycles. The van der Waals surface area contributed by atoms with Crippen molar-refractivity contribution in [2.45, 2.75) is 31.1 Å². The van der Waals surface area contributed by atoms with Gasteiger partial charge in [-0.05, 0) is 120 Å². The predicted molar refractivity (Wildman–Crippen MR) is 292 cm³/mol. The van der Waals surface area contributed by atoms with E-state index in [0.717, 1.165) is 0 Å². The van der Waals surface area contributed by atoms with Gasteiger partial charge in [-0.15, -0.1) is 0 Å². The Hall–Kier alpha value is -8.46. The Bertz CT molecular complexity index is 4480. The normalized spacial score (nSPS) is 14.6. The van der Waals surface area contributed by atoms with Crippen molar-refractivity contribution in [2.24, 2.45) is 0 Å². The van der Waals surface area contributed by atoms with Gasteiger partial charge in [0.25, 0.3) is 0 Å². The zero-order valence-corrected chi connectivity index (χ0v) is 37.9. The molecule has 0 bridgehead atoms. The van der Waals surface area contributed by atoms with E-state index in [1.54, 1.807) is 0 Å². The highest BCUT2D eigenvalue weighted by atomic mass is 14.9. The summed E-state index contributed by atoms with van der Waals surface area (Å²) in [7, 11) is 0. The van der Waals surface area contributed by atoms with Gasteiger partial charge in [-0.3, -0.25) is 0 Å². The summed E-state index contributed by atoms with van der Waals surface area (Å²) in [4.78, 5) is 0. The van der Waals surface area contributed by atoms with Crippen LogP contribution in [-0.4, -0.2) is 8.80 Å². The lowest BCUT2D eigenvalue weighted by Gasteiger charge is -2.27. The van der Waals surface area contributed by atoms with E-state index in [1.165, 1.54) is 179 Å². The van der Waals surface area contributed by atoms with Crippen molar-refractivity contribution < 1.29 is 0 Å². The molecule has 15 aromatic rings. The topological polar surface area (TPSA) is 8.82 Å². The third-order valence-corrected chi connectivity index (χ3v) is 17.1. The van der Waals surface area contributed by atoms with Gasteiger partial charge < -0.3 is 8.80 Å². The smallest absolute Gasteiger partial charge is 0.0626 e. The number of rotatable bonds is 3. The van der Waals surface area contributed by atoms with Gasteiger partial charge in [-0.2, -0.15) is 0 Å². The third-order valence-electron chi connectivity index (χ3n) is 17.1. The Morgan fingerprint density at radius 2 is 0.696 bits per heavy atom. The first-order chi connectivity index (χ1) is 34.3. The minimum absolute atomic E-state index is 0.0650. The maximum absolute atomic E-state index is 2.56. The zero-order chi connectivity index (χ0) is 44.7. The van der Waals surface area contributed by atoms with E-state index in [0.29, 0.717) is 0 Å². The average Bonchev–Trinajstić information content (AvgIpc) is 4.27. The van der Waals surface area contributed by atoms with Crippen molar-refractivity contribution >= 4 is 97.7 Å². The SMILES string of the molecule is c1ccc2c(c1)-c1c(-c3c4cccc(-c5ccc6c7ccccc7n7c8ccccc8c5c67)c4cc4c(-c5ccc6c7ccccc7n7c8ccccc8c5c67)cccc34)cccc1C21CCCC1. The van der Waals surface area contributed by atoms with Crippen LogP contribution in [0.3, 0.4) is 0 Å². The maximum Gasteiger partial charge on any atom is 0.0626 e. The predicted octanol–water partition coefficient (Wildman–Crippen LogP) is 18.1. The fourth-order valence-corrected chi connectivity index (χ4v) is 14.5. The van der Waals surface area contributed by atoms with Crippen LogP contribution in [0.5, 0.6) is 0 Å². The molecule has 320 valence electrons. The summed E-state index contributed by atoms with van der Waals surface area (Å²) in [6.07, 6.45) is 4.95. The molecule has 1 saturated carbocycles. The van der Waals surface area contributed by atoms with Crippen LogP contribution in [0, 0.1) is 0 Å². The molecular formula is C67H42N2. The molecule has 0 N–H and O–H groups in total. The molecule has 0 unspecified atom stereocenters. The van der Waals surface area contributed by atoms with Crippen molar-refractivity contribution in [1.29, 1.82) is 0 Å². The van der Waals surface area contributed by atoms with Gasteiger partial charge in [-0.25, -0.2) is 0 Å². The summed E-state index contributed by atoms with van der Waals surface area (Å²) in [5.74, 6) is 0. The first-order valence-electron chi connectivity index (χ1n) is 24.8. The van der Waals surface area contributed by atoms with Gasteiger partial charge in [0, 0.05) is 48.5 Å². The maximum atomic E-state index is 2.56. The molecule has 0 amide bonds. The van der Waals surface area contributed by atoms with E-state index in [2.05, 4.69) is 215 Å². The third kappa shape index (κ3) is 4.41. The molecule has 11 aromatic carbocycles. The molecule has 69 heavy (non-hydrogen) atoms. The Kier molecular flexibility index (Phi) is 6.87. The molecule has 4 aromatic heterocycles. The lowest BCUT2D eigenvalue weighted by molar-refractivity contribution is 0.550. The summed E-state index contributed by atoms with van der Waals surface area (Å²) in [6.45, 7) is 0. The Labute approximate surface area is 397 Å². The van der Waals surface area contributed by atoms with Gasteiger partial charge in [-0.1, -0.05) is 189 Å². The van der Waals surface area contributed by atoms with Gasteiger partial charge >= 0.3 is 0 Å². The van der Waals surface area contributed by atoms with E-state index < -0.39 is 0 Å². The number of aromatic nitrogens is 2. The quantitative estimate of drug-likeness (QED) is 0.156. The molecule has 0 saturated heterocycles. The van der Waals surface area contributed by atoms with Crippen LogP contribution in [0.25, 0.3) is 142 Å². The van der Waals surface area contributed by atoms with Crippen molar-refractivity contribution in [3.05, 3.63) is 217 Å². The van der Waals surface area contributed by atoms with E-state index in [-0.39, 0.29) is 5.41 Å². The van der Waals surface area contributed by atoms with Crippen molar-refractivity contribution in [2.75, 3.05) is 0 Å². The number of hydrogen-bond acceptors (Lipinski definition) is 0. The number of para-hydroxylation sites is 4. The second kappa shape index (κ2) is 12.9. The van der Waals surface area contributed by atoms with Crippen LogP contribution < -0.4 is 0 Å².